The van der Waals surface area contributed by atoms with Crippen LogP contribution in [-0.4, -0.2) is 9.97 Å². The summed E-state index contributed by atoms with van der Waals surface area (Å²) in [7, 11) is 0. The Morgan fingerprint density at radius 3 is 1.09 bits per heavy atom. The SMILES string of the molecule is c1ccc(-c2ccc(-c3cc(-c4cc(C5c6ccccc6-c6ccccc65)cc(C5c6ccccc6-c6ccccc65)c4)nc(-c4ccccc4)n3)cc2)cc1. The Kier molecular flexibility index (Phi) is 7.67. The van der Waals surface area contributed by atoms with Crippen LogP contribution in [0.1, 0.15) is 45.2 Å². The number of hydrogen-bond donors (Lipinski definition) is 0. The van der Waals surface area contributed by atoms with E-state index in [9.17, 15) is 0 Å². The van der Waals surface area contributed by atoms with Crippen molar-refractivity contribution in [1.82, 2.24) is 9.97 Å². The van der Waals surface area contributed by atoms with Crippen LogP contribution in [0.5, 0.6) is 0 Å². The van der Waals surface area contributed by atoms with E-state index in [4.69, 9.17) is 9.97 Å². The Labute approximate surface area is 327 Å². The number of fused-ring (bicyclic) bond motifs is 6. The molecule has 0 unspecified atom stereocenters. The lowest BCUT2D eigenvalue weighted by Crippen LogP contribution is -2.05. The molecule has 0 radical (unpaired) electrons. The van der Waals surface area contributed by atoms with Crippen molar-refractivity contribution in [3.8, 4) is 67.3 Å². The van der Waals surface area contributed by atoms with Crippen LogP contribution in [0.3, 0.4) is 0 Å². The molecule has 0 fully saturated rings. The van der Waals surface area contributed by atoms with Crippen molar-refractivity contribution < 1.29 is 0 Å². The molecule has 11 rings (SSSR count). The highest BCUT2D eigenvalue weighted by molar-refractivity contribution is 5.84. The first-order valence-corrected chi connectivity index (χ1v) is 19.4. The highest BCUT2D eigenvalue weighted by Gasteiger charge is 2.33. The molecule has 9 aromatic rings. The van der Waals surface area contributed by atoms with Crippen molar-refractivity contribution in [2.24, 2.45) is 0 Å². The molecule has 8 aromatic carbocycles. The zero-order valence-corrected chi connectivity index (χ0v) is 30.7. The maximum atomic E-state index is 5.37. The summed E-state index contributed by atoms with van der Waals surface area (Å²) in [5, 5.41) is 0. The maximum Gasteiger partial charge on any atom is 0.160 e. The van der Waals surface area contributed by atoms with Gasteiger partial charge in [-0.25, -0.2) is 9.97 Å². The molecule has 0 saturated carbocycles. The van der Waals surface area contributed by atoms with Gasteiger partial charge in [0, 0.05) is 28.5 Å². The van der Waals surface area contributed by atoms with Gasteiger partial charge in [0.15, 0.2) is 5.82 Å². The molecule has 2 nitrogen and oxygen atoms in total. The molecule has 2 aliphatic carbocycles. The summed E-state index contributed by atoms with van der Waals surface area (Å²) in [6, 6.07) is 74.7. The average molecular weight is 713 g/mol. The van der Waals surface area contributed by atoms with Crippen LogP contribution in [0.25, 0.3) is 67.3 Å². The summed E-state index contributed by atoms with van der Waals surface area (Å²) in [4.78, 5) is 10.6. The lowest BCUT2D eigenvalue weighted by atomic mass is 9.82. The Morgan fingerprint density at radius 2 is 0.625 bits per heavy atom. The zero-order chi connectivity index (χ0) is 37.0. The highest BCUT2D eigenvalue weighted by Crippen LogP contribution is 2.52. The molecule has 0 bridgehead atoms. The first-order valence-electron chi connectivity index (χ1n) is 19.4. The van der Waals surface area contributed by atoms with Crippen LogP contribution in [0.4, 0.5) is 0 Å². The largest absolute Gasteiger partial charge is 0.228 e. The molecular weight excluding hydrogens is 677 g/mol. The van der Waals surface area contributed by atoms with Crippen LogP contribution in [0, 0.1) is 0 Å². The van der Waals surface area contributed by atoms with Crippen LogP contribution < -0.4 is 0 Å². The van der Waals surface area contributed by atoms with Crippen molar-refractivity contribution in [2.75, 3.05) is 0 Å². The second-order valence-corrected chi connectivity index (χ2v) is 14.9. The van der Waals surface area contributed by atoms with Crippen molar-refractivity contribution in [3.63, 3.8) is 0 Å². The molecule has 0 atom stereocenters. The van der Waals surface area contributed by atoms with Crippen molar-refractivity contribution in [1.29, 1.82) is 0 Å². The summed E-state index contributed by atoms with van der Waals surface area (Å²) in [5.41, 5.74) is 20.5. The average Bonchev–Trinajstić information content (AvgIpc) is 3.80. The Morgan fingerprint density at radius 1 is 0.268 bits per heavy atom. The molecule has 0 N–H and O–H groups in total. The summed E-state index contributed by atoms with van der Waals surface area (Å²) in [6.45, 7) is 0. The van der Waals surface area contributed by atoms with E-state index >= 15 is 0 Å². The second kappa shape index (κ2) is 13.3. The van der Waals surface area contributed by atoms with Gasteiger partial charge >= 0.3 is 0 Å². The lowest BCUT2D eigenvalue weighted by Gasteiger charge is -2.21. The number of nitrogens with zero attached hydrogens (tertiary/aromatic N) is 2. The molecule has 1 aromatic heterocycles. The fourth-order valence-corrected chi connectivity index (χ4v) is 9.11. The fraction of sp³-hybridized carbons (Fsp3) is 0.0370. The van der Waals surface area contributed by atoms with E-state index in [1.54, 1.807) is 0 Å². The predicted octanol–water partition coefficient (Wildman–Crippen LogP) is 13.5. The topological polar surface area (TPSA) is 25.8 Å². The third kappa shape index (κ3) is 5.41. The van der Waals surface area contributed by atoms with Crippen molar-refractivity contribution in [2.45, 2.75) is 11.8 Å². The van der Waals surface area contributed by atoms with E-state index in [1.165, 1.54) is 66.8 Å². The first kappa shape index (κ1) is 32.3. The van der Waals surface area contributed by atoms with Crippen molar-refractivity contribution in [3.05, 3.63) is 240 Å². The molecule has 2 aliphatic rings. The minimum atomic E-state index is 0.0911. The van der Waals surface area contributed by atoms with Crippen LogP contribution in [-0.2, 0) is 0 Å². The molecule has 0 saturated heterocycles. The van der Waals surface area contributed by atoms with Gasteiger partial charge < -0.3 is 0 Å². The summed E-state index contributed by atoms with van der Waals surface area (Å²) >= 11 is 0. The Hall–Kier alpha value is -7.16. The predicted molar refractivity (Wildman–Crippen MR) is 229 cm³/mol. The van der Waals surface area contributed by atoms with E-state index in [0.29, 0.717) is 5.82 Å². The van der Waals surface area contributed by atoms with E-state index in [0.717, 1.165) is 28.1 Å². The molecule has 262 valence electrons. The smallest absolute Gasteiger partial charge is 0.160 e. The standard InChI is InChI=1S/C54H36N2/c1-3-15-35(16-4-1)36-27-29-37(30-28-36)50-34-51(56-54(55-50)38-17-5-2-6-18-38)39-31-40(52-46-23-11-7-19-42(46)43-20-8-12-24-47(43)52)33-41(32-39)53-48-25-13-9-21-44(48)45-22-10-14-26-49(45)53/h1-34,52-53H. The molecule has 56 heavy (non-hydrogen) atoms. The van der Waals surface area contributed by atoms with E-state index in [2.05, 4.69) is 200 Å². The quantitative estimate of drug-likeness (QED) is 0.172. The van der Waals surface area contributed by atoms with Gasteiger partial charge in [-0.05, 0) is 85.0 Å². The minimum absolute atomic E-state index is 0.0911. The van der Waals surface area contributed by atoms with Crippen molar-refractivity contribution >= 4 is 0 Å². The highest BCUT2D eigenvalue weighted by atomic mass is 14.9. The van der Waals surface area contributed by atoms with Gasteiger partial charge in [0.1, 0.15) is 0 Å². The molecule has 1 heterocycles. The summed E-state index contributed by atoms with van der Waals surface area (Å²) in [6.07, 6.45) is 0. The van der Waals surface area contributed by atoms with Gasteiger partial charge in [0.2, 0.25) is 0 Å². The molecule has 0 amide bonds. The second-order valence-electron chi connectivity index (χ2n) is 14.9. The molecule has 0 aliphatic heterocycles. The Balaban J connectivity index is 1.14. The van der Waals surface area contributed by atoms with Crippen LogP contribution in [0.15, 0.2) is 206 Å². The van der Waals surface area contributed by atoms with Gasteiger partial charge in [0.05, 0.1) is 11.4 Å². The number of hydrogen-bond acceptors (Lipinski definition) is 2. The Bertz CT molecular complexity index is 2710. The van der Waals surface area contributed by atoms with E-state index in [-0.39, 0.29) is 11.8 Å². The van der Waals surface area contributed by atoms with Crippen LogP contribution >= 0.6 is 0 Å². The van der Waals surface area contributed by atoms with Gasteiger partial charge in [-0.2, -0.15) is 0 Å². The zero-order valence-electron chi connectivity index (χ0n) is 30.7. The monoisotopic (exact) mass is 712 g/mol. The maximum absolute atomic E-state index is 5.37. The number of rotatable bonds is 6. The first-order chi connectivity index (χ1) is 27.8. The summed E-state index contributed by atoms with van der Waals surface area (Å²) in [5.74, 6) is 0.896. The molecular formula is C54H36N2. The van der Waals surface area contributed by atoms with E-state index in [1.807, 2.05) is 6.07 Å². The van der Waals surface area contributed by atoms with Gasteiger partial charge in [-0.1, -0.05) is 188 Å². The lowest BCUT2D eigenvalue weighted by molar-refractivity contribution is 0.972. The molecule has 0 spiro atoms. The van der Waals surface area contributed by atoms with Gasteiger partial charge in [-0.3, -0.25) is 0 Å². The summed E-state index contributed by atoms with van der Waals surface area (Å²) < 4.78 is 0. The van der Waals surface area contributed by atoms with Gasteiger partial charge in [0.25, 0.3) is 0 Å². The normalized spacial score (nSPS) is 12.9. The third-order valence-electron chi connectivity index (χ3n) is 11.7. The van der Waals surface area contributed by atoms with Crippen LogP contribution in [0.2, 0.25) is 0 Å². The molecule has 2 heteroatoms. The van der Waals surface area contributed by atoms with E-state index < -0.39 is 0 Å². The number of aromatic nitrogens is 2. The third-order valence-corrected chi connectivity index (χ3v) is 11.7. The fourth-order valence-electron chi connectivity index (χ4n) is 9.11. The van der Waals surface area contributed by atoms with Gasteiger partial charge in [-0.15, -0.1) is 0 Å². The number of benzene rings is 8. The minimum Gasteiger partial charge on any atom is -0.228 e.